The summed E-state index contributed by atoms with van der Waals surface area (Å²) in [5, 5.41) is 3.40. The Morgan fingerprint density at radius 1 is 1.07 bits per heavy atom. The molecule has 1 aromatic carbocycles. The molecular weight excluding hydrogens is 336 g/mol. The normalized spacial score (nSPS) is 15.0. The van der Waals surface area contributed by atoms with Gasteiger partial charge in [-0.15, -0.1) is 0 Å². The van der Waals surface area contributed by atoms with Crippen LogP contribution < -0.4 is 10.2 Å². The molecule has 0 bridgehead atoms. The van der Waals surface area contributed by atoms with E-state index in [0.29, 0.717) is 18.8 Å². The van der Waals surface area contributed by atoms with E-state index in [-0.39, 0.29) is 11.4 Å². The predicted molar refractivity (Wildman–Crippen MR) is 112 cm³/mol. The minimum absolute atomic E-state index is 0.00757. The van der Waals surface area contributed by atoms with Gasteiger partial charge in [0, 0.05) is 49.3 Å². The van der Waals surface area contributed by atoms with Crippen molar-refractivity contribution in [3.63, 3.8) is 0 Å². The standard InChI is InChI=1S/C22H30N4O/c1-16-7-6-8-20(17(16)2)25-11-13-26(14-12-25)21(27)19-15-18(9-10-23-19)24-22(3,4)5/h6-10,15H,11-14H2,1-5H3,(H,23,24). The molecule has 1 N–H and O–H groups in total. The lowest BCUT2D eigenvalue weighted by Gasteiger charge is -2.37. The van der Waals surface area contributed by atoms with Crippen LogP contribution in [0.25, 0.3) is 0 Å². The third-order valence-corrected chi connectivity index (χ3v) is 4.98. The van der Waals surface area contributed by atoms with Crippen LogP contribution in [0.1, 0.15) is 42.4 Å². The molecule has 0 spiro atoms. The molecule has 3 rings (SSSR count). The molecule has 27 heavy (non-hydrogen) atoms. The maximum absolute atomic E-state index is 12.9. The molecule has 2 heterocycles. The summed E-state index contributed by atoms with van der Waals surface area (Å²) in [6.45, 7) is 13.7. The van der Waals surface area contributed by atoms with Gasteiger partial charge in [-0.05, 0) is 63.9 Å². The molecule has 0 radical (unpaired) electrons. The molecule has 2 aromatic rings. The molecule has 1 aliphatic rings. The molecule has 0 aliphatic carbocycles. The zero-order valence-electron chi connectivity index (χ0n) is 17.0. The summed E-state index contributed by atoms with van der Waals surface area (Å²) in [5.41, 5.74) is 5.27. The number of nitrogens with zero attached hydrogens (tertiary/aromatic N) is 3. The fourth-order valence-electron chi connectivity index (χ4n) is 3.45. The summed E-state index contributed by atoms with van der Waals surface area (Å²) in [4.78, 5) is 21.5. The molecule has 144 valence electrons. The van der Waals surface area contributed by atoms with Crippen molar-refractivity contribution in [3.05, 3.63) is 53.3 Å². The van der Waals surface area contributed by atoms with Gasteiger partial charge < -0.3 is 15.1 Å². The number of anilines is 2. The highest BCUT2D eigenvalue weighted by atomic mass is 16.2. The van der Waals surface area contributed by atoms with Crippen molar-refractivity contribution in [1.29, 1.82) is 0 Å². The summed E-state index contributed by atoms with van der Waals surface area (Å²) in [7, 11) is 0. The maximum Gasteiger partial charge on any atom is 0.272 e. The van der Waals surface area contributed by atoms with E-state index < -0.39 is 0 Å². The van der Waals surface area contributed by atoms with Crippen LogP contribution in [-0.2, 0) is 0 Å². The number of aryl methyl sites for hydroxylation is 1. The monoisotopic (exact) mass is 366 g/mol. The third-order valence-electron chi connectivity index (χ3n) is 4.98. The first-order chi connectivity index (χ1) is 12.7. The van der Waals surface area contributed by atoms with E-state index in [0.717, 1.165) is 18.8 Å². The molecule has 1 fully saturated rings. The number of piperazine rings is 1. The third kappa shape index (κ3) is 4.59. The number of carbonyl (C=O) groups is 1. The first-order valence-electron chi connectivity index (χ1n) is 9.59. The molecule has 1 aromatic heterocycles. The number of benzene rings is 1. The molecular formula is C22H30N4O. The largest absolute Gasteiger partial charge is 0.380 e. The summed E-state index contributed by atoms with van der Waals surface area (Å²) >= 11 is 0. The Bertz CT molecular complexity index is 817. The average molecular weight is 367 g/mol. The van der Waals surface area contributed by atoms with Crippen LogP contribution in [-0.4, -0.2) is 47.5 Å². The number of aromatic nitrogens is 1. The van der Waals surface area contributed by atoms with E-state index in [2.05, 4.69) is 68.0 Å². The van der Waals surface area contributed by atoms with Crippen molar-refractivity contribution < 1.29 is 4.79 Å². The van der Waals surface area contributed by atoms with E-state index in [1.807, 2.05) is 17.0 Å². The number of nitrogens with one attached hydrogen (secondary N) is 1. The Labute approximate surface area is 162 Å². The number of rotatable bonds is 3. The van der Waals surface area contributed by atoms with Gasteiger partial charge in [-0.2, -0.15) is 0 Å². The molecule has 5 nitrogen and oxygen atoms in total. The second-order valence-corrected chi connectivity index (χ2v) is 8.30. The Morgan fingerprint density at radius 2 is 1.78 bits per heavy atom. The van der Waals surface area contributed by atoms with Gasteiger partial charge in [0.2, 0.25) is 0 Å². The Kier molecular flexibility index (Phi) is 5.40. The van der Waals surface area contributed by atoms with E-state index in [1.54, 1.807) is 6.20 Å². The lowest BCUT2D eigenvalue weighted by Crippen LogP contribution is -2.49. The first-order valence-corrected chi connectivity index (χ1v) is 9.59. The van der Waals surface area contributed by atoms with Crippen molar-refractivity contribution in [2.45, 2.75) is 40.2 Å². The fourth-order valence-corrected chi connectivity index (χ4v) is 3.45. The van der Waals surface area contributed by atoms with Gasteiger partial charge in [-0.3, -0.25) is 9.78 Å². The lowest BCUT2D eigenvalue weighted by molar-refractivity contribution is 0.0741. The van der Waals surface area contributed by atoms with Crippen LogP contribution in [0.4, 0.5) is 11.4 Å². The van der Waals surface area contributed by atoms with Gasteiger partial charge in [0.25, 0.3) is 5.91 Å². The summed E-state index contributed by atoms with van der Waals surface area (Å²) in [6, 6.07) is 10.2. The summed E-state index contributed by atoms with van der Waals surface area (Å²) in [5.74, 6) is 0.00757. The van der Waals surface area contributed by atoms with Gasteiger partial charge in [0.15, 0.2) is 0 Å². The summed E-state index contributed by atoms with van der Waals surface area (Å²) < 4.78 is 0. The van der Waals surface area contributed by atoms with Crippen molar-refractivity contribution in [1.82, 2.24) is 9.88 Å². The number of carbonyl (C=O) groups excluding carboxylic acids is 1. The maximum atomic E-state index is 12.9. The number of hydrogen-bond donors (Lipinski definition) is 1. The quantitative estimate of drug-likeness (QED) is 0.896. The molecule has 1 aliphatic heterocycles. The second kappa shape index (κ2) is 7.59. The molecule has 0 atom stereocenters. The van der Waals surface area contributed by atoms with Crippen molar-refractivity contribution in [2.24, 2.45) is 0 Å². The zero-order valence-corrected chi connectivity index (χ0v) is 17.0. The van der Waals surface area contributed by atoms with E-state index in [9.17, 15) is 4.79 Å². The SMILES string of the molecule is Cc1cccc(N2CCN(C(=O)c3cc(NC(C)(C)C)ccn3)CC2)c1C. The molecule has 1 saturated heterocycles. The zero-order chi connectivity index (χ0) is 19.6. The van der Waals surface area contributed by atoms with Crippen LogP contribution in [0.2, 0.25) is 0 Å². The van der Waals surface area contributed by atoms with Crippen LogP contribution in [0.5, 0.6) is 0 Å². The van der Waals surface area contributed by atoms with Gasteiger partial charge in [-0.25, -0.2) is 0 Å². The number of amides is 1. The second-order valence-electron chi connectivity index (χ2n) is 8.30. The predicted octanol–water partition coefficient (Wildman–Crippen LogP) is 3.87. The van der Waals surface area contributed by atoms with E-state index in [1.165, 1.54) is 16.8 Å². The fraction of sp³-hybridized carbons (Fsp3) is 0.455. The minimum atomic E-state index is -0.0566. The van der Waals surface area contributed by atoms with Crippen LogP contribution in [0, 0.1) is 13.8 Å². The van der Waals surface area contributed by atoms with Crippen LogP contribution in [0.15, 0.2) is 36.5 Å². The molecule has 5 heteroatoms. The first kappa shape index (κ1) is 19.2. The van der Waals surface area contributed by atoms with Crippen molar-refractivity contribution >= 4 is 17.3 Å². The number of pyridine rings is 1. The average Bonchev–Trinajstić information content (AvgIpc) is 2.62. The van der Waals surface area contributed by atoms with E-state index >= 15 is 0 Å². The van der Waals surface area contributed by atoms with Gasteiger partial charge in [0.1, 0.15) is 5.69 Å². The van der Waals surface area contributed by atoms with E-state index in [4.69, 9.17) is 0 Å². The van der Waals surface area contributed by atoms with Crippen molar-refractivity contribution in [2.75, 3.05) is 36.4 Å². The topological polar surface area (TPSA) is 48.5 Å². The van der Waals surface area contributed by atoms with Crippen molar-refractivity contribution in [3.8, 4) is 0 Å². The summed E-state index contributed by atoms with van der Waals surface area (Å²) in [6.07, 6.45) is 1.70. The Morgan fingerprint density at radius 3 is 2.44 bits per heavy atom. The molecule has 1 amide bonds. The lowest BCUT2D eigenvalue weighted by atomic mass is 10.1. The molecule has 0 saturated carbocycles. The number of hydrogen-bond acceptors (Lipinski definition) is 4. The smallest absolute Gasteiger partial charge is 0.272 e. The highest BCUT2D eigenvalue weighted by molar-refractivity contribution is 5.93. The van der Waals surface area contributed by atoms with Crippen LogP contribution in [0.3, 0.4) is 0 Å². The Balaban J connectivity index is 1.67. The Hall–Kier alpha value is -2.56. The minimum Gasteiger partial charge on any atom is -0.380 e. The molecule has 0 unspecified atom stereocenters. The van der Waals surface area contributed by atoms with Gasteiger partial charge >= 0.3 is 0 Å². The highest BCUT2D eigenvalue weighted by Gasteiger charge is 2.24. The van der Waals surface area contributed by atoms with Crippen LogP contribution >= 0.6 is 0 Å². The highest BCUT2D eigenvalue weighted by Crippen LogP contribution is 2.24. The van der Waals surface area contributed by atoms with Gasteiger partial charge in [-0.1, -0.05) is 12.1 Å². The van der Waals surface area contributed by atoms with Gasteiger partial charge in [0.05, 0.1) is 0 Å².